The molecule has 0 saturated carbocycles. The molecule has 0 N–H and O–H groups in total. The fourth-order valence-electron chi connectivity index (χ4n) is 2.17. The number of ether oxygens (including phenoxy) is 2. The van der Waals surface area contributed by atoms with E-state index in [1.54, 1.807) is 43.5 Å². The van der Waals surface area contributed by atoms with E-state index in [1.807, 2.05) is 26.0 Å². The number of amides is 1. The van der Waals surface area contributed by atoms with Gasteiger partial charge in [-0.05, 0) is 44.2 Å². The molecule has 5 nitrogen and oxygen atoms in total. The van der Waals surface area contributed by atoms with Crippen molar-refractivity contribution in [2.75, 3.05) is 20.8 Å². The molecule has 0 aliphatic heterocycles. The van der Waals surface area contributed by atoms with Crippen LogP contribution in [0.5, 0.6) is 11.5 Å². The second-order valence-corrected chi connectivity index (χ2v) is 4.91. The van der Waals surface area contributed by atoms with Gasteiger partial charge in [0.2, 0.25) is 0 Å². The Morgan fingerprint density at radius 2 is 2.09 bits per heavy atom. The van der Waals surface area contributed by atoms with E-state index in [9.17, 15) is 4.79 Å². The van der Waals surface area contributed by atoms with Crippen molar-refractivity contribution in [3.63, 3.8) is 0 Å². The Balaban J connectivity index is 2.21. The minimum Gasteiger partial charge on any atom is -0.493 e. The van der Waals surface area contributed by atoms with Gasteiger partial charge in [-0.25, -0.2) is 0 Å². The van der Waals surface area contributed by atoms with Crippen LogP contribution in [0.2, 0.25) is 0 Å². The topological polar surface area (TPSA) is 51.9 Å². The summed E-state index contributed by atoms with van der Waals surface area (Å²) in [6, 6.07) is 8.69. The Kier molecular flexibility index (Phi) is 5.09. The quantitative estimate of drug-likeness (QED) is 0.819. The van der Waals surface area contributed by atoms with Crippen LogP contribution >= 0.6 is 0 Å². The third kappa shape index (κ3) is 3.24. The lowest BCUT2D eigenvalue weighted by molar-refractivity contribution is 0.0726. The average Bonchev–Trinajstić information content (AvgIpc) is 3.07. The molecular weight excluding hydrogens is 282 g/mol. The van der Waals surface area contributed by atoms with Crippen LogP contribution in [-0.4, -0.2) is 31.6 Å². The highest BCUT2D eigenvalue weighted by Crippen LogP contribution is 2.29. The van der Waals surface area contributed by atoms with Gasteiger partial charge in [0, 0.05) is 12.6 Å². The molecule has 0 fully saturated rings. The summed E-state index contributed by atoms with van der Waals surface area (Å²) >= 11 is 0. The number of methoxy groups -OCH3 is 1. The highest BCUT2D eigenvalue weighted by atomic mass is 16.5. The molecule has 22 heavy (non-hydrogen) atoms. The monoisotopic (exact) mass is 303 g/mol. The van der Waals surface area contributed by atoms with Crippen LogP contribution in [0.25, 0.3) is 0 Å². The number of hydrogen-bond donors (Lipinski definition) is 0. The standard InChI is InChI=1S/C17H21NO4/c1-5-21-15-9-8-13(11-16(15)20-4)17(19)18(3)12(2)14-7-6-10-22-14/h6-12H,5H2,1-4H3. The van der Waals surface area contributed by atoms with E-state index in [0.29, 0.717) is 23.7 Å². The highest BCUT2D eigenvalue weighted by molar-refractivity contribution is 5.95. The predicted molar refractivity (Wildman–Crippen MR) is 83.4 cm³/mol. The average molecular weight is 303 g/mol. The largest absolute Gasteiger partial charge is 0.493 e. The number of benzene rings is 1. The van der Waals surface area contributed by atoms with Gasteiger partial charge >= 0.3 is 0 Å². The van der Waals surface area contributed by atoms with Gasteiger partial charge in [-0.3, -0.25) is 4.79 Å². The van der Waals surface area contributed by atoms with Gasteiger partial charge in [-0.1, -0.05) is 0 Å². The second-order valence-electron chi connectivity index (χ2n) is 4.91. The first-order valence-electron chi connectivity index (χ1n) is 7.19. The Hall–Kier alpha value is -2.43. The summed E-state index contributed by atoms with van der Waals surface area (Å²) < 4.78 is 16.1. The Morgan fingerprint density at radius 3 is 2.68 bits per heavy atom. The minimum atomic E-state index is -0.153. The van der Waals surface area contributed by atoms with Gasteiger partial charge in [0.15, 0.2) is 11.5 Å². The SMILES string of the molecule is CCOc1ccc(C(=O)N(C)C(C)c2ccco2)cc1OC. The molecule has 1 aromatic carbocycles. The molecule has 0 aliphatic carbocycles. The maximum atomic E-state index is 12.6. The second kappa shape index (κ2) is 7.02. The normalized spacial score (nSPS) is 11.8. The van der Waals surface area contributed by atoms with Crippen molar-refractivity contribution in [2.24, 2.45) is 0 Å². The summed E-state index contributed by atoms with van der Waals surface area (Å²) in [5.74, 6) is 1.81. The zero-order valence-electron chi connectivity index (χ0n) is 13.3. The van der Waals surface area contributed by atoms with E-state index < -0.39 is 0 Å². The maximum absolute atomic E-state index is 12.6. The van der Waals surface area contributed by atoms with E-state index in [2.05, 4.69) is 0 Å². The van der Waals surface area contributed by atoms with Crippen LogP contribution in [0.4, 0.5) is 0 Å². The van der Waals surface area contributed by atoms with E-state index >= 15 is 0 Å². The number of hydrogen-bond acceptors (Lipinski definition) is 4. The Bertz CT molecular complexity index is 622. The number of furan rings is 1. The molecule has 2 rings (SSSR count). The molecule has 0 saturated heterocycles. The van der Waals surface area contributed by atoms with Crippen molar-refractivity contribution in [2.45, 2.75) is 19.9 Å². The van der Waals surface area contributed by atoms with Gasteiger partial charge in [0.05, 0.1) is 26.0 Å². The van der Waals surface area contributed by atoms with Gasteiger partial charge < -0.3 is 18.8 Å². The van der Waals surface area contributed by atoms with Crippen molar-refractivity contribution in [1.29, 1.82) is 0 Å². The van der Waals surface area contributed by atoms with Crippen molar-refractivity contribution in [3.8, 4) is 11.5 Å². The maximum Gasteiger partial charge on any atom is 0.254 e. The van der Waals surface area contributed by atoms with Crippen molar-refractivity contribution >= 4 is 5.91 Å². The molecule has 1 unspecified atom stereocenters. The number of nitrogens with zero attached hydrogens (tertiary/aromatic N) is 1. The first-order valence-corrected chi connectivity index (χ1v) is 7.19. The molecule has 0 radical (unpaired) electrons. The van der Waals surface area contributed by atoms with E-state index in [0.717, 1.165) is 5.76 Å². The lowest BCUT2D eigenvalue weighted by Gasteiger charge is -2.23. The first-order chi connectivity index (χ1) is 10.6. The fourth-order valence-corrected chi connectivity index (χ4v) is 2.17. The molecule has 0 bridgehead atoms. The van der Waals surface area contributed by atoms with Crippen LogP contribution in [0.3, 0.4) is 0 Å². The lowest BCUT2D eigenvalue weighted by atomic mass is 10.1. The van der Waals surface area contributed by atoms with Crippen LogP contribution in [0.15, 0.2) is 41.0 Å². The molecule has 0 aliphatic rings. The van der Waals surface area contributed by atoms with E-state index in [-0.39, 0.29) is 11.9 Å². The Labute approximate surface area is 130 Å². The third-order valence-electron chi connectivity index (χ3n) is 3.57. The zero-order valence-corrected chi connectivity index (χ0v) is 13.3. The van der Waals surface area contributed by atoms with E-state index in [1.165, 1.54) is 0 Å². The number of rotatable bonds is 6. The smallest absolute Gasteiger partial charge is 0.254 e. The van der Waals surface area contributed by atoms with Gasteiger partial charge in [-0.2, -0.15) is 0 Å². The summed E-state index contributed by atoms with van der Waals surface area (Å²) in [6.45, 7) is 4.36. The molecule has 1 amide bonds. The Morgan fingerprint density at radius 1 is 1.32 bits per heavy atom. The molecule has 1 aromatic heterocycles. The summed E-state index contributed by atoms with van der Waals surface area (Å²) in [6.07, 6.45) is 1.60. The molecule has 5 heteroatoms. The van der Waals surface area contributed by atoms with E-state index in [4.69, 9.17) is 13.9 Å². The number of carbonyl (C=O) groups is 1. The molecule has 2 aromatic rings. The molecule has 1 atom stereocenters. The highest BCUT2D eigenvalue weighted by Gasteiger charge is 2.21. The zero-order chi connectivity index (χ0) is 16.1. The lowest BCUT2D eigenvalue weighted by Crippen LogP contribution is -2.29. The molecule has 1 heterocycles. The van der Waals surface area contributed by atoms with Crippen LogP contribution in [0, 0.1) is 0 Å². The molecule has 0 spiro atoms. The molecule has 118 valence electrons. The van der Waals surface area contributed by atoms with Gasteiger partial charge in [0.1, 0.15) is 5.76 Å². The van der Waals surface area contributed by atoms with Crippen molar-refractivity contribution < 1.29 is 18.7 Å². The van der Waals surface area contributed by atoms with Gasteiger partial charge in [-0.15, -0.1) is 0 Å². The summed E-state index contributed by atoms with van der Waals surface area (Å²) in [5, 5.41) is 0. The summed E-state index contributed by atoms with van der Waals surface area (Å²) in [4.78, 5) is 14.2. The van der Waals surface area contributed by atoms with Crippen LogP contribution < -0.4 is 9.47 Å². The summed E-state index contributed by atoms with van der Waals surface area (Å²) in [5.41, 5.74) is 0.543. The van der Waals surface area contributed by atoms with Crippen LogP contribution in [-0.2, 0) is 0 Å². The first kappa shape index (κ1) is 15.9. The van der Waals surface area contributed by atoms with Crippen LogP contribution in [0.1, 0.15) is 36.0 Å². The van der Waals surface area contributed by atoms with Gasteiger partial charge in [0.25, 0.3) is 5.91 Å². The summed E-state index contributed by atoms with van der Waals surface area (Å²) in [7, 11) is 3.31. The van der Waals surface area contributed by atoms with Crippen molar-refractivity contribution in [3.05, 3.63) is 47.9 Å². The minimum absolute atomic E-state index is 0.106. The fraction of sp³-hybridized carbons (Fsp3) is 0.353. The number of carbonyl (C=O) groups excluding carboxylic acids is 1. The predicted octanol–water partition coefficient (Wildman–Crippen LogP) is 3.52. The molecular formula is C17H21NO4. The van der Waals surface area contributed by atoms with Crippen molar-refractivity contribution in [1.82, 2.24) is 4.90 Å². The third-order valence-corrected chi connectivity index (χ3v) is 3.57.